The van der Waals surface area contributed by atoms with Gasteiger partial charge in [-0.05, 0) is 48.7 Å². The van der Waals surface area contributed by atoms with E-state index < -0.39 is 10.0 Å². The summed E-state index contributed by atoms with van der Waals surface area (Å²) in [5, 5.41) is 0.204. The molecule has 0 radical (unpaired) electrons. The van der Waals surface area contributed by atoms with Crippen LogP contribution in [0.25, 0.3) is 0 Å². The van der Waals surface area contributed by atoms with Gasteiger partial charge in [0.2, 0.25) is 15.9 Å². The van der Waals surface area contributed by atoms with E-state index in [0.29, 0.717) is 6.42 Å². The van der Waals surface area contributed by atoms with Crippen molar-refractivity contribution < 1.29 is 13.2 Å². The number of nitrogens with zero attached hydrogens (tertiary/aromatic N) is 1. The zero-order valence-electron chi connectivity index (χ0n) is 13.8. The van der Waals surface area contributed by atoms with E-state index in [9.17, 15) is 13.2 Å². The van der Waals surface area contributed by atoms with E-state index in [1.165, 1.54) is 6.07 Å². The maximum absolute atomic E-state index is 12.4. The number of aryl methyl sites for hydroxylation is 1. The number of amides is 1. The molecule has 3 rings (SSSR count). The van der Waals surface area contributed by atoms with Crippen LogP contribution in [0, 0.1) is 6.92 Å². The molecule has 5 nitrogen and oxygen atoms in total. The first-order valence-corrected chi connectivity index (χ1v) is 9.88. The van der Waals surface area contributed by atoms with Crippen LogP contribution in [0.3, 0.4) is 0 Å². The first-order valence-electron chi connectivity index (χ1n) is 8.02. The maximum atomic E-state index is 12.4. The summed E-state index contributed by atoms with van der Waals surface area (Å²) in [6.45, 7) is 2.74. The van der Waals surface area contributed by atoms with Crippen LogP contribution in [0.1, 0.15) is 24.0 Å². The van der Waals surface area contributed by atoms with Crippen LogP contribution in [-0.4, -0.2) is 20.9 Å². The Kier molecular flexibility index (Phi) is 5.13. The second-order valence-electron chi connectivity index (χ2n) is 6.07. The average molecular weight is 379 g/mol. The lowest BCUT2D eigenvalue weighted by atomic mass is 10.2. The second kappa shape index (κ2) is 7.15. The summed E-state index contributed by atoms with van der Waals surface area (Å²) in [7, 11) is -3.69. The predicted molar refractivity (Wildman–Crippen MR) is 98.2 cm³/mol. The van der Waals surface area contributed by atoms with Crippen LogP contribution in [0.4, 0.5) is 5.69 Å². The molecule has 7 heteroatoms. The fourth-order valence-electron chi connectivity index (χ4n) is 2.79. The zero-order chi connectivity index (χ0) is 18.0. The number of halogens is 1. The molecule has 1 amide bonds. The lowest BCUT2D eigenvalue weighted by molar-refractivity contribution is -0.117. The summed E-state index contributed by atoms with van der Waals surface area (Å²) in [4.78, 5) is 13.6. The van der Waals surface area contributed by atoms with E-state index in [1.54, 1.807) is 17.0 Å². The summed E-state index contributed by atoms with van der Waals surface area (Å²) in [6, 6.07) is 12.2. The number of hydrogen-bond acceptors (Lipinski definition) is 3. The number of sulfonamides is 1. The number of carbonyl (C=O) groups is 1. The Balaban J connectivity index is 1.69. The minimum Gasteiger partial charge on any atom is -0.312 e. The molecule has 25 heavy (non-hydrogen) atoms. The lowest BCUT2D eigenvalue weighted by Gasteiger charge is -2.16. The molecule has 1 aliphatic rings. The molecule has 1 saturated heterocycles. The highest BCUT2D eigenvalue weighted by atomic mass is 35.5. The number of nitrogens with one attached hydrogen (secondary N) is 1. The minimum absolute atomic E-state index is 0.0686. The van der Waals surface area contributed by atoms with Crippen LogP contribution in [0.15, 0.2) is 47.4 Å². The molecule has 0 unspecified atom stereocenters. The largest absolute Gasteiger partial charge is 0.312 e. The van der Waals surface area contributed by atoms with Crippen molar-refractivity contribution in [2.75, 3.05) is 11.4 Å². The second-order valence-corrected chi connectivity index (χ2v) is 8.22. The van der Waals surface area contributed by atoms with Gasteiger partial charge < -0.3 is 4.90 Å². The van der Waals surface area contributed by atoms with Gasteiger partial charge in [-0.1, -0.05) is 29.8 Å². The molecule has 2 aromatic carbocycles. The van der Waals surface area contributed by atoms with Crippen molar-refractivity contribution in [3.63, 3.8) is 0 Å². The molecular formula is C18H19ClN2O3S. The lowest BCUT2D eigenvalue weighted by Crippen LogP contribution is -2.24. The molecule has 0 saturated carbocycles. The molecule has 1 heterocycles. The van der Waals surface area contributed by atoms with Gasteiger partial charge in [0, 0.05) is 25.2 Å². The van der Waals surface area contributed by atoms with Crippen molar-refractivity contribution in [1.29, 1.82) is 0 Å². The Morgan fingerprint density at radius 2 is 1.88 bits per heavy atom. The Morgan fingerprint density at radius 1 is 1.16 bits per heavy atom. The third-order valence-electron chi connectivity index (χ3n) is 4.16. The van der Waals surface area contributed by atoms with Gasteiger partial charge in [0.05, 0.1) is 5.02 Å². The van der Waals surface area contributed by atoms with Gasteiger partial charge in [0.15, 0.2) is 0 Å². The van der Waals surface area contributed by atoms with Crippen LogP contribution in [0.5, 0.6) is 0 Å². The van der Waals surface area contributed by atoms with Crippen LogP contribution in [0.2, 0.25) is 5.02 Å². The third-order valence-corrected chi connectivity index (χ3v) is 6.05. The highest BCUT2D eigenvalue weighted by Gasteiger charge is 2.21. The Bertz CT molecular complexity index is 895. The SMILES string of the molecule is Cc1ccc(S(=O)(=O)NCc2ccc(N3CCCC3=O)cc2)c(Cl)c1. The Labute approximate surface area is 152 Å². The predicted octanol–water partition coefficient (Wildman–Crippen LogP) is 3.25. The molecule has 0 spiro atoms. The van der Waals surface area contributed by atoms with E-state index in [1.807, 2.05) is 31.2 Å². The van der Waals surface area contributed by atoms with E-state index in [4.69, 9.17) is 11.6 Å². The monoisotopic (exact) mass is 378 g/mol. The highest BCUT2D eigenvalue weighted by Crippen LogP contribution is 2.24. The standard InChI is InChI=1S/C18H19ClN2O3S/c1-13-4-9-17(16(19)11-13)25(23,24)20-12-14-5-7-15(8-6-14)21-10-2-3-18(21)22/h4-9,11,20H,2-3,10,12H2,1H3. The Morgan fingerprint density at radius 3 is 2.48 bits per heavy atom. The number of anilines is 1. The van der Waals surface area contributed by atoms with E-state index in [-0.39, 0.29) is 22.4 Å². The molecule has 0 aliphatic carbocycles. The van der Waals surface area contributed by atoms with Gasteiger partial charge in [-0.15, -0.1) is 0 Å². The fraction of sp³-hybridized carbons (Fsp3) is 0.278. The molecule has 2 aromatic rings. The maximum Gasteiger partial charge on any atom is 0.242 e. The van der Waals surface area contributed by atoms with Crippen LogP contribution < -0.4 is 9.62 Å². The number of hydrogen-bond donors (Lipinski definition) is 1. The highest BCUT2D eigenvalue weighted by molar-refractivity contribution is 7.89. The molecule has 0 bridgehead atoms. The van der Waals surface area contributed by atoms with Gasteiger partial charge >= 0.3 is 0 Å². The van der Waals surface area contributed by atoms with E-state index in [2.05, 4.69) is 4.72 Å². The van der Waals surface area contributed by atoms with Gasteiger partial charge in [-0.3, -0.25) is 4.79 Å². The van der Waals surface area contributed by atoms with Crippen molar-refractivity contribution in [2.24, 2.45) is 0 Å². The smallest absolute Gasteiger partial charge is 0.242 e. The summed E-state index contributed by atoms with van der Waals surface area (Å²) >= 11 is 6.05. The molecular weight excluding hydrogens is 360 g/mol. The topological polar surface area (TPSA) is 66.5 Å². The van der Waals surface area contributed by atoms with E-state index >= 15 is 0 Å². The van der Waals surface area contributed by atoms with Crippen molar-refractivity contribution in [1.82, 2.24) is 4.72 Å². The van der Waals surface area contributed by atoms with Crippen LogP contribution in [-0.2, 0) is 21.4 Å². The van der Waals surface area contributed by atoms with Crippen molar-refractivity contribution in [3.8, 4) is 0 Å². The molecule has 0 aromatic heterocycles. The van der Waals surface area contributed by atoms with Crippen molar-refractivity contribution >= 4 is 33.2 Å². The Hall–Kier alpha value is -1.89. The van der Waals surface area contributed by atoms with Crippen molar-refractivity contribution in [3.05, 3.63) is 58.6 Å². The number of carbonyl (C=O) groups excluding carboxylic acids is 1. The van der Waals surface area contributed by atoms with Crippen LogP contribution >= 0.6 is 11.6 Å². The average Bonchev–Trinajstić information content (AvgIpc) is 2.99. The quantitative estimate of drug-likeness (QED) is 0.868. The molecule has 1 fully saturated rings. The molecule has 0 atom stereocenters. The van der Waals surface area contributed by atoms with Gasteiger partial charge in [0.1, 0.15) is 4.90 Å². The van der Waals surface area contributed by atoms with Crippen molar-refractivity contribution in [2.45, 2.75) is 31.2 Å². The summed E-state index contributed by atoms with van der Waals surface area (Å²) in [6.07, 6.45) is 1.45. The first kappa shape index (κ1) is 17.9. The van der Waals surface area contributed by atoms with Gasteiger partial charge in [-0.2, -0.15) is 0 Å². The first-order chi connectivity index (χ1) is 11.9. The molecule has 1 N–H and O–H groups in total. The number of benzene rings is 2. The normalized spacial score (nSPS) is 15.0. The summed E-state index contributed by atoms with van der Waals surface area (Å²) in [5.74, 6) is 0.127. The summed E-state index contributed by atoms with van der Waals surface area (Å²) in [5.41, 5.74) is 2.55. The van der Waals surface area contributed by atoms with E-state index in [0.717, 1.165) is 29.8 Å². The summed E-state index contributed by atoms with van der Waals surface area (Å²) < 4.78 is 27.4. The minimum atomic E-state index is -3.69. The van der Waals surface area contributed by atoms with Gasteiger partial charge in [-0.25, -0.2) is 13.1 Å². The zero-order valence-corrected chi connectivity index (χ0v) is 15.4. The number of rotatable bonds is 5. The third kappa shape index (κ3) is 4.03. The fourth-order valence-corrected chi connectivity index (χ4v) is 4.41. The molecule has 1 aliphatic heterocycles. The van der Waals surface area contributed by atoms with Gasteiger partial charge in [0.25, 0.3) is 0 Å². The molecule has 132 valence electrons.